The van der Waals surface area contributed by atoms with Crippen molar-refractivity contribution in [2.75, 3.05) is 0 Å². The molecule has 1 rings (SSSR count). The minimum Gasteiger partial charge on any atom is -0.389 e. The summed E-state index contributed by atoms with van der Waals surface area (Å²) in [5, 5.41) is 7.48. The summed E-state index contributed by atoms with van der Waals surface area (Å²) < 4.78 is 87.7. The quantitative estimate of drug-likeness (QED) is 0.407. The molecule has 0 saturated heterocycles. The summed E-state index contributed by atoms with van der Waals surface area (Å²) in [6, 6.07) is 2.15. The maximum Gasteiger partial charge on any atom is 0.476 e. The van der Waals surface area contributed by atoms with Gasteiger partial charge in [-0.25, -0.2) is 9.20 Å². The van der Waals surface area contributed by atoms with Crippen molar-refractivity contribution in [2.24, 2.45) is 10.7 Å². The zero-order chi connectivity index (χ0) is 20.4. The number of nitrogens with two attached hydrogens (primary N) is 1. The molecule has 0 heterocycles. The Morgan fingerprint density at radius 3 is 2.00 bits per heavy atom. The first-order valence-corrected chi connectivity index (χ1v) is 8.11. The van der Waals surface area contributed by atoms with Gasteiger partial charge in [-0.1, -0.05) is 23.2 Å². The average molecular weight is 438 g/mol. The summed E-state index contributed by atoms with van der Waals surface area (Å²) in [6.45, 7) is 0.924. The summed E-state index contributed by atoms with van der Waals surface area (Å²) in [4.78, 5) is 2.44. The fourth-order valence-electron chi connectivity index (χ4n) is 1.65. The van der Waals surface area contributed by atoms with Crippen LogP contribution in [0.1, 0.15) is 12.5 Å². The number of aliphatic imine (C=N–C) groups is 1. The number of nitriles is 1. The van der Waals surface area contributed by atoms with Crippen LogP contribution in [0.4, 0.5) is 32.0 Å². The molecule has 2 N–H and O–H groups in total. The molecule has 0 aromatic heterocycles. The summed E-state index contributed by atoms with van der Waals surface area (Å²) in [7, 11) is -3.71. The van der Waals surface area contributed by atoms with Gasteiger partial charge in [0.05, 0.1) is 21.3 Å². The number of nitrogens with zero attached hydrogens (tertiary/aromatic N) is 2. The Morgan fingerprint density at radius 2 is 1.65 bits per heavy atom. The Balaban J connectivity index is 3.57. The van der Waals surface area contributed by atoms with Crippen molar-refractivity contribution in [3.8, 4) is 6.07 Å². The van der Waals surface area contributed by atoms with Crippen molar-refractivity contribution in [3.05, 3.63) is 38.3 Å². The maximum absolute atomic E-state index is 12.7. The van der Waals surface area contributed by atoms with Crippen molar-refractivity contribution in [2.45, 2.75) is 18.6 Å². The molecule has 0 aliphatic heterocycles. The molecule has 0 amide bonds. The lowest BCUT2D eigenvalue weighted by molar-refractivity contribution is -0.137. The molecule has 1 atom stereocenters. The fraction of sp³-hybridized carbons (Fsp3) is 0.231. The predicted molar refractivity (Wildman–Crippen MR) is 85.3 cm³/mol. The molecule has 1 aromatic rings. The molecule has 26 heavy (non-hydrogen) atoms. The van der Waals surface area contributed by atoms with Crippen molar-refractivity contribution in [1.82, 2.24) is 0 Å². The molecule has 0 aliphatic rings. The van der Waals surface area contributed by atoms with E-state index in [1.807, 2.05) is 0 Å². The van der Waals surface area contributed by atoms with E-state index in [1.54, 1.807) is 0 Å². The van der Waals surface area contributed by atoms with Crippen LogP contribution in [0, 0.1) is 11.3 Å². The van der Waals surface area contributed by atoms with Gasteiger partial charge >= 0.3 is 11.7 Å². The van der Waals surface area contributed by atoms with Crippen molar-refractivity contribution < 1.29 is 30.6 Å². The van der Waals surface area contributed by atoms with Gasteiger partial charge < -0.3 is 5.73 Å². The van der Waals surface area contributed by atoms with Gasteiger partial charge in [0.2, 0.25) is 0 Å². The SMILES string of the molecule is CC(=Nc1c(Cl)cc(C(F)(F)F)cc1Cl)C(=C(N)C#N)S(=O)C(F)(F)F. The van der Waals surface area contributed by atoms with Gasteiger partial charge in [0.25, 0.3) is 0 Å². The van der Waals surface area contributed by atoms with E-state index in [4.69, 9.17) is 34.2 Å². The van der Waals surface area contributed by atoms with E-state index in [2.05, 4.69) is 4.99 Å². The minimum atomic E-state index is -5.25. The molecular formula is C13H7Cl2F6N3OS. The molecule has 0 saturated carbocycles. The number of rotatable bonds is 3. The van der Waals surface area contributed by atoms with Crippen molar-refractivity contribution >= 4 is 45.4 Å². The highest BCUT2D eigenvalue weighted by Crippen LogP contribution is 2.40. The fourth-order valence-corrected chi connectivity index (χ4v) is 3.01. The van der Waals surface area contributed by atoms with Gasteiger partial charge in [0.15, 0.2) is 10.8 Å². The molecule has 1 aromatic carbocycles. The zero-order valence-electron chi connectivity index (χ0n) is 12.5. The van der Waals surface area contributed by atoms with Crippen LogP contribution in [0.2, 0.25) is 10.0 Å². The van der Waals surface area contributed by atoms with Crippen molar-refractivity contribution in [3.63, 3.8) is 0 Å². The van der Waals surface area contributed by atoms with Crippen LogP contribution in [0.25, 0.3) is 0 Å². The molecule has 0 bridgehead atoms. The van der Waals surface area contributed by atoms with Crippen LogP contribution in [0.3, 0.4) is 0 Å². The van der Waals surface area contributed by atoms with E-state index in [-0.39, 0.29) is 0 Å². The molecule has 1 unspecified atom stereocenters. The van der Waals surface area contributed by atoms with Crippen LogP contribution in [-0.4, -0.2) is 15.4 Å². The third-order valence-electron chi connectivity index (χ3n) is 2.71. The third kappa shape index (κ3) is 5.12. The van der Waals surface area contributed by atoms with E-state index >= 15 is 0 Å². The lowest BCUT2D eigenvalue weighted by Crippen LogP contribution is -2.24. The zero-order valence-corrected chi connectivity index (χ0v) is 14.8. The molecule has 0 radical (unpaired) electrons. The maximum atomic E-state index is 12.7. The molecule has 0 aliphatic carbocycles. The Hall–Kier alpha value is -1.77. The standard InChI is InChI=1S/C13H7Cl2F6N3OS/c1-5(11(9(23)4-22)26(25)13(19,20)21)24-10-7(14)2-6(3-8(10)15)12(16,17)18/h2-3H,23H2,1H3. The Morgan fingerprint density at radius 1 is 1.19 bits per heavy atom. The smallest absolute Gasteiger partial charge is 0.389 e. The second-order valence-electron chi connectivity index (χ2n) is 4.55. The second-order valence-corrected chi connectivity index (χ2v) is 6.78. The van der Waals surface area contributed by atoms with Crippen LogP contribution in [0.15, 0.2) is 27.7 Å². The van der Waals surface area contributed by atoms with Crippen LogP contribution in [-0.2, 0) is 17.0 Å². The molecule has 0 spiro atoms. The predicted octanol–water partition coefficient (Wildman–Crippen LogP) is 5.07. The lowest BCUT2D eigenvalue weighted by atomic mass is 10.2. The number of allylic oxidation sites excluding steroid dienone is 2. The van der Waals surface area contributed by atoms with Crippen LogP contribution >= 0.6 is 23.2 Å². The van der Waals surface area contributed by atoms with Crippen LogP contribution in [0.5, 0.6) is 0 Å². The Bertz CT molecular complexity index is 832. The van der Waals surface area contributed by atoms with E-state index in [0.29, 0.717) is 12.1 Å². The first-order valence-electron chi connectivity index (χ1n) is 6.20. The Kier molecular flexibility index (Phi) is 6.73. The first kappa shape index (κ1) is 22.3. The van der Waals surface area contributed by atoms with E-state index in [9.17, 15) is 30.6 Å². The molecule has 0 fully saturated rings. The number of halogens is 8. The first-order chi connectivity index (χ1) is 11.7. The summed E-state index contributed by atoms with van der Waals surface area (Å²) in [5.74, 6) is 0. The highest BCUT2D eigenvalue weighted by Gasteiger charge is 2.41. The molecule has 4 nitrogen and oxygen atoms in total. The third-order valence-corrected chi connectivity index (χ3v) is 4.60. The van der Waals surface area contributed by atoms with Gasteiger partial charge in [-0.15, -0.1) is 0 Å². The summed E-state index contributed by atoms with van der Waals surface area (Å²) >= 11 is 11.3. The van der Waals surface area contributed by atoms with Gasteiger partial charge in [-0.05, 0) is 19.1 Å². The summed E-state index contributed by atoms with van der Waals surface area (Å²) in [6.07, 6.45) is -4.77. The van der Waals surface area contributed by atoms with Crippen LogP contribution < -0.4 is 5.73 Å². The number of hydrogen-bond acceptors (Lipinski definition) is 4. The second kappa shape index (κ2) is 7.85. The normalized spacial score (nSPS) is 15.3. The van der Waals surface area contributed by atoms with Gasteiger partial charge in [0.1, 0.15) is 22.4 Å². The van der Waals surface area contributed by atoms with E-state index in [1.165, 1.54) is 6.07 Å². The van der Waals surface area contributed by atoms with Gasteiger partial charge in [0, 0.05) is 0 Å². The number of hydrogen-bond donors (Lipinski definition) is 1. The van der Waals surface area contributed by atoms with Gasteiger partial charge in [-0.3, -0.25) is 0 Å². The minimum absolute atomic E-state index is 0.470. The molecular weight excluding hydrogens is 431 g/mol. The average Bonchev–Trinajstić information content (AvgIpc) is 2.48. The monoisotopic (exact) mass is 437 g/mol. The van der Waals surface area contributed by atoms with Gasteiger partial charge in [-0.2, -0.15) is 31.6 Å². The highest BCUT2D eigenvalue weighted by atomic mass is 35.5. The molecule has 142 valence electrons. The number of alkyl halides is 6. The molecule has 13 heteroatoms. The summed E-state index contributed by atoms with van der Waals surface area (Å²) in [5.41, 5.74) is -3.47. The van der Waals surface area contributed by atoms with E-state index < -0.39 is 60.1 Å². The largest absolute Gasteiger partial charge is 0.476 e. The lowest BCUT2D eigenvalue weighted by Gasteiger charge is -2.13. The number of benzene rings is 1. The Labute approximate surface area is 155 Å². The highest BCUT2D eigenvalue weighted by molar-refractivity contribution is 7.91. The topological polar surface area (TPSA) is 79.2 Å². The van der Waals surface area contributed by atoms with E-state index in [0.717, 1.165) is 6.92 Å². The van der Waals surface area contributed by atoms with Crippen molar-refractivity contribution in [1.29, 1.82) is 5.26 Å².